The van der Waals surface area contributed by atoms with Gasteiger partial charge >= 0.3 is 0 Å². The van der Waals surface area contributed by atoms with Gasteiger partial charge in [0.05, 0.1) is 5.54 Å². The summed E-state index contributed by atoms with van der Waals surface area (Å²) < 4.78 is 6.06. The van der Waals surface area contributed by atoms with Crippen LogP contribution in [-0.4, -0.2) is 11.7 Å². The lowest BCUT2D eigenvalue weighted by Crippen LogP contribution is -2.34. The van der Waals surface area contributed by atoms with E-state index in [4.69, 9.17) is 4.74 Å². The summed E-state index contributed by atoms with van der Waals surface area (Å²) in [6.07, 6.45) is 6.82. The Morgan fingerprint density at radius 2 is 2.05 bits per heavy atom. The molecule has 1 aromatic carbocycles. The molecule has 1 aliphatic carbocycles. The van der Waals surface area contributed by atoms with Crippen LogP contribution in [0.4, 0.5) is 0 Å². The van der Waals surface area contributed by atoms with Crippen molar-refractivity contribution in [1.29, 1.82) is 0 Å². The molecule has 0 unspecified atom stereocenters. The first kappa shape index (κ1) is 12.4. The van der Waals surface area contributed by atoms with Crippen LogP contribution in [0, 0.1) is 0 Å². The van der Waals surface area contributed by atoms with Gasteiger partial charge in [-0.05, 0) is 63.1 Å². The maximum Gasteiger partial charge on any atom is 0.235 e. The molecule has 3 rings (SSSR count). The van der Waals surface area contributed by atoms with Crippen molar-refractivity contribution in [3.05, 3.63) is 29.3 Å². The Hall–Kier alpha value is -1.60. The van der Waals surface area contributed by atoms with Crippen molar-refractivity contribution < 1.29 is 9.53 Å². The van der Waals surface area contributed by atoms with Gasteiger partial charge in [0.25, 0.3) is 0 Å². The molecule has 100 valence electrons. The summed E-state index contributed by atoms with van der Waals surface area (Å²) in [5, 5.41) is 0. The number of isocyanates is 1. The predicted molar refractivity (Wildman–Crippen MR) is 73.1 cm³/mol. The second kappa shape index (κ2) is 4.21. The highest BCUT2D eigenvalue weighted by Crippen LogP contribution is 2.46. The van der Waals surface area contributed by atoms with Crippen LogP contribution in [0.5, 0.6) is 5.75 Å². The van der Waals surface area contributed by atoms with Gasteiger partial charge in [-0.15, -0.1) is 0 Å². The van der Waals surface area contributed by atoms with E-state index in [1.807, 2.05) is 0 Å². The summed E-state index contributed by atoms with van der Waals surface area (Å²) in [5.41, 5.74) is 1.92. The topological polar surface area (TPSA) is 38.7 Å². The van der Waals surface area contributed by atoms with Gasteiger partial charge in [-0.25, -0.2) is 4.79 Å². The summed E-state index contributed by atoms with van der Waals surface area (Å²) in [5.74, 6) is 0.959. The quantitative estimate of drug-likeness (QED) is 0.600. The zero-order valence-corrected chi connectivity index (χ0v) is 11.5. The molecule has 2 aliphatic rings. The van der Waals surface area contributed by atoms with Crippen molar-refractivity contribution in [2.45, 2.75) is 57.1 Å². The van der Waals surface area contributed by atoms with E-state index in [-0.39, 0.29) is 11.1 Å². The fourth-order valence-corrected chi connectivity index (χ4v) is 2.99. The van der Waals surface area contributed by atoms with Crippen LogP contribution in [0.25, 0.3) is 0 Å². The van der Waals surface area contributed by atoms with E-state index in [9.17, 15) is 4.79 Å². The highest BCUT2D eigenvalue weighted by atomic mass is 16.5. The number of aliphatic imine (C=N–C) groups is 1. The standard InChI is InChI=1S/C16H19NO2/c1-15(2)9-6-12-4-5-13(10-14(12)19-15)16(17-11-18)7-3-8-16/h4-5,10H,3,6-9H2,1-2H3. The highest BCUT2D eigenvalue weighted by Gasteiger charge is 2.39. The lowest BCUT2D eigenvalue weighted by Gasteiger charge is -2.39. The predicted octanol–water partition coefficient (Wildman–Crippen LogP) is 3.51. The van der Waals surface area contributed by atoms with Gasteiger partial charge in [-0.1, -0.05) is 12.1 Å². The molecule has 1 heterocycles. The normalized spacial score (nSPS) is 22.4. The molecule has 0 amide bonds. The number of aryl methyl sites for hydroxylation is 1. The molecule has 0 atom stereocenters. The molecular weight excluding hydrogens is 238 g/mol. The summed E-state index contributed by atoms with van der Waals surface area (Å²) in [6.45, 7) is 4.23. The number of nitrogens with zero attached hydrogens (tertiary/aromatic N) is 1. The minimum absolute atomic E-state index is 0.105. The van der Waals surface area contributed by atoms with Gasteiger partial charge in [-0.2, -0.15) is 4.99 Å². The molecule has 0 radical (unpaired) electrons. The molecule has 1 fully saturated rings. The molecule has 0 bridgehead atoms. The van der Waals surface area contributed by atoms with Crippen molar-refractivity contribution >= 4 is 6.08 Å². The van der Waals surface area contributed by atoms with Gasteiger partial charge in [0.15, 0.2) is 0 Å². The number of fused-ring (bicyclic) bond motifs is 1. The molecule has 19 heavy (non-hydrogen) atoms. The van der Waals surface area contributed by atoms with E-state index >= 15 is 0 Å². The lowest BCUT2D eigenvalue weighted by molar-refractivity contribution is 0.0841. The van der Waals surface area contributed by atoms with Crippen LogP contribution in [0.3, 0.4) is 0 Å². The van der Waals surface area contributed by atoms with Crippen LogP contribution in [0.2, 0.25) is 0 Å². The summed E-state index contributed by atoms with van der Waals surface area (Å²) in [7, 11) is 0. The van der Waals surface area contributed by atoms with Gasteiger partial charge < -0.3 is 4.74 Å². The Bertz CT molecular complexity index is 552. The Labute approximate surface area is 113 Å². The van der Waals surface area contributed by atoms with Crippen LogP contribution in [-0.2, 0) is 16.8 Å². The zero-order valence-electron chi connectivity index (χ0n) is 11.5. The molecule has 3 nitrogen and oxygen atoms in total. The monoisotopic (exact) mass is 257 g/mol. The van der Waals surface area contributed by atoms with E-state index in [2.05, 4.69) is 37.0 Å². The Morgan fingerprint density at radius 3 is 2.68 bits per heavy atom. The third-order valence-electron chi connectivity index (χ3n) is 4.43. The second-order valence-corrected chi connectivity index (χ2v) is 6.27. The second-order valence-electron chi connectivity index (χ2n) is 6.27. The van der Waals surface area contributed by atoms with E-state index in [1.165, 1.54) is 5.56 Å². The molecular formula is C16H19NO2. The number of hydrogen-bond donors (Lipinski definition) is 0. The summed E-state index contributed by atoms with van der Waals surface area (Å²) in [4.78, 5) is 14.7. The molecule has 0 spiro atoms. The van der Waals surface area contributed by atoms with Crippen molar-refractivity contribution in [1.82, 2.24) is 0 Å². The zero-order chi connectivity index (χ0) is 13.5. The van der Waals surface area contributed by atoms with E-state index in [0.717, 1.165) is 43.4 Å². The molecule has 1 saturated carbocycles. The maximum atomic E-state index is 10.7. The van der Waals surface area contributed by atoms with Crippen molar-refractivity contribution in [2.75, 3.05) is 0 Å². The SMILES string of the molecule is CC1(C)CCc2ccc(C3(N=C=O)CCC3)cc2O1. The average Bonchev–Trinajstić information content (AvgIpc) is 2.32. The maximum absolute atomic E-state index is 10.7. The van der Waals surface area contributed by atoms with Crippen molar-refractivity contribution in [2.24, 2.45) is 4.99 Å². The average molecular weight is 257 g/mol. The molecule has 0 aromatic heterocycles. The van der Waals surface area contributed by atoms with Gasteiger partial charge in [0.2, 0.25) is 6.08 Å². The number of ether oxygens (including phenoxy) is 1. The lowest BCUT2D eigenvalue weighted by atomic mass is 9.72. The largest absolute Gasteiger partial charge is 0.488 e. The van der Waals surface area contributed by atoms with Crippen LogP contribution < -0.4 is 4.74 Å². The van der Waals surface area contributed by atoms with E-state index in [0.29, 0.717) is 0 Å². The summed E-state index contributed by atoms with van der Waals surface area (Å²) in [6, 6.07) is 6.30. The summed E-state index contributed by atoms with van der Waals surface area (Å²) >= 11 is 0. The third-order valence-corrected chi connectivity index (χ3v) is 4.43. The van der Waals surface area contributed by atoms with E-state index < -0.39 is 0 Å². The first-order chi connectivity index (χ1) is 9.05. The number of hydrogen-bond acceptors (Lipinski definition) is 3. The van der Waals surface area contributed by atoms with Crippen molar-refractivity contribution in [3.8, 4) is 5.75 Å². The van der Waals surface area contributed by atoms with Crippen LogP contribution in [0.1, 0.15) is 50.7 Å². The smallest absolute Gasteiger partial charge is 0.235 e. The number of rotatable bonds is 2. The molecule has 0 saturated heterocycles. The Kier molecular flexibility index (Phi) is 2.75. The molecule has 3 heteroatoms. The third kappa shape index (κ3) is 2.08. The first-order valence-electron chi connectivity index (χ1n) is 6.96. The Balaban J connectivity index is 1.99. The fraction of sp³-hybridized carbons (Fsp3) is 0.562. The van der Waals surface area contributed by atoms with Crippen LogP contribution in [0.15, 0.2) is 23.2 Å². The molecule has 1 aromatic rings. The van der Waals surface area contributed by atoms with Gasteiger partial charge in [0.1, 0.15) is 11.4 Å². The first-order valence-corrected chi connectivity index (χ1v) is 6.96. The molecule has 1 aliphatic heterocycles. The number of carbonyl (C=O) groups excluding carboxylic acids is 1. The minimum Gasteiger partial charge on any atom is -0.488 e. The molecule has 0 N–H and O–H groups in total. The van der Waals surface area contributed by atoms with Gasteiger partial charge in [0, 0.05) is 0 Å². The minimum atomic E-state index is -0.332. The van der Waals surface area contributed by atoms with E-state index in [1.54, 1.807) is 6.08 Å². The number of benzene rings is 1. The van der Waals surface area contributed by atoms with Crippen LogP contribution >= 0.6 is 0 Å². The fourth-order valence-electron chi connectivity index (χ4n) is 2.99. The van der Waals surface area contributed by atoms with Gasteiger partial charge in [-0.3, -0.25) is 0 Å². The van der Waals surface area contributed by atoms with Crippen molar-refractivity contribution in [3.63, 3.8) is 0 Å². The highest BCUT2D eigenvalue weighted by molar-refractivity contribution is 5.45. The Morgan fingerprint density at radius 1 is 1.26 bits per heavy atom.